The number of nitrogens with zero attached hydrogens (tertiary/aromatic N) is 1. The van der Waals surface area contributed by atoms with Crippen molar-refractivity contribution in [2.45, 2.75) is 31.8 Å². The molecule has 5 heteroatoms. The molecule has 2 aromatic carbocycles. The first-order chi connectivity index (χ1) is 12.2. The minimum absolute atomic E-state index is 0. The Labute approximate surface area is 172 Å². The Balaban J connectivity index is 0.00000105. The summed E-state index contributed by atoms with van der Waals surface area (Å²) in [4.78, 5) is 4.58. The van der Waals surface area contributed by atoms with Gasteiger partial charge in [0.15, 0.2) is 0 Å². The summed E-state index contributed by atoms with van der Waals surface area (Å²) in [5.74, 6) is 1.07. The van der Waals surface area contributed by atoms with Crippen molar-refractivity contribution in [3.63, 3.8) is 0 Å². The van der Waals surface area contributed by atoms with Gasteiger partial charge >= 0.3 is 0 Å². The number of ether oxygens (including phenoxy) is 1. The van der Waals surface area contributed by atoms with Gasteiger partial charge in [0.2, 0.25) is 0 Å². The van der Waals surface area contributed by atoms with Crippen LogP contribution in [-0.2, 0) is 6.42 Å². The largest absolute Gasteiger partial charge is 0.487 e. The number of hydrogen-bond acceptors (Lipinski definition) is 3. The molecule has 3 nitrogen and oxygen atoms in total. The van der Waals surface area contributed by atoms with Gasteiger partial charge < -0.3 is 10.1 Å². The van der Waals surface area contributed by atoms with Crippen LogP contribution in [0.1, 0.15) is 24.0 Å². The SMILES string of the molecule is Cc1c(-c2ccc3c(c2)CC2(CCNCC2)O3)ccc2cccnc12.Cl.Cl. The topological polar surface area (TPSA) is 34.1 Å². The van der Waals surface area contributed by atoms with Gasteiger partial charge in [0, 0.05) is 18.0 Å². The zero-order valence-corrected chi connectivity index (χ0v) is 17.0. The second-order valence-corrected chi connectivity index (χ2v) is 7.35. The Morgan fingerprint density at radius 3 is 2.67 bits per heavy atom. The van der Waals surface area contributed by atoms with Crippen molar-refractivity contribution in [1.29, 1.82) is 0 Å². The van der Waals surface area contributed by atoms with Crippen LogP contribution in [0.2, 0.25) is 0 Å². The third kappa shape index (κ3) is 3.40. The number of aryl methyl sites for hydroxylation is 1. The Bertz CT molecular complexity index is 968. The number of hydrogen-bond donors (Lipinski definition) is 1. The van der Waals surface area contributed by atoms with E-state index in [9.17, 15) is 0 Å². The average molecular weight is 403 g/mol. The first-order valence-electron chi connectivity index (χ1n) is 9.12. The normalized spacial score (nSPS) is 16.9. The summed E-state index contributed by atoms with van der Waals surface area (Å²) in [6, 6.07) is 15.2. The maximum absolute atomic E-state index is 6.37. The molecular formula is C22H24Cl2N2O. The molecule has 0 unspecified atom stereocenters. The van der Waals surface area contributed by atoms with Gasteiger partial charge in [-0.15, -0.1) is 24.8 Å². The molecule has 0 bridgehead atoms. The van der Waals surface area contributed by atoms with Crippen molar-refractivity contribution >= 4 is 35.7 Å². The highest BCUT2D eigenvalue weighted by molar-refractivity contribution is 5.88. The Morgan fingerprint density at radius 1 is 1.04 bits per heavy atom. The fourth-order valence-corrected chi connectivity index (χ4v) is 4.37. The first-order valence-corrected chi connectivity index (χ1v) is 9.12. The van der Waals surface area contributed by atoms with Crippen LogP contribution in [0, 0.1) is 6.92 Å². The fourth-order valence-electron chi connectivity index (χ4n) is 4.37. The number of fused-ring (bicyclic) bond motifs is 2. The lowest BCUT2D eigenvalue weighted by molar-refractivity contribution is 0.0600. The molecule has 0 saturated carbocycles. The molecule has 0 atom stereocenters. The van der Waals surface area contributed by atoms with Crippen LogP contribution in [0.4, 0.5) is 0 Å². The fraction of sp³-hybridized carbons (Fsp3) is 0.318. The second kappa shape index (κ2) is 7.67. The molecule has 0 amide bonds. The quantitative estimate of drug-likeness (QED) is 0.613. The molecular weight excluding hydrogens is 379 g/mol. The van der Waals surface area contributed by atoms with E-state index in [1.165, 1.54) is 27.6 Å². The summed E-state index contributed by atoms with van der Waals surface area (Å²) < 4.78 is 6.37. The van der Waals surface area contributed by atoms with Gasteiger partial charge in [-0.3, -0.25) is 4.98 Å². The van der Waals surface area contributed by atoms with Gasteiger partial charge in [-0.1, -0.05) is 24.3 Å². The number of nitrogens with one attached hydrogen (secondary N) is 1. The van der Waals surface area contributed by atoms with E-state index in [2.05, 4.69) is 53.6 Å². The van der Waals surface area contributed by atoms with Crippen LogP contribution < -0.4 is 10.1 Å². The number of piperidine rings is 1. The third-order valence-electron chi connectivity index (χ3n) is 5.75. The van der Waals surface area contributed by atoms with Crippen LogP contribution in [-0.4, -0.2) is 23.7 Å². The van der Waals surface area contributed by atoms with E-state index in [-0.39, 0.29) is 30.4 Å². The molecule has 1 N–H and O–H groups in total. The van der Waals surface area contributed by atoms with Crippen molar-refractivity contribution < 1.29 is 4.74 Å². The average Bonchev–Trinajstić information content (AvgIpc) is 2.99. The van der Waals surface area contributed by atoms with Crippen molar-refractivity contribution in [3.05, 3.63) is 59.8 Å². The summed E-state index contributed by atoms with van der Waals surface area (Å²) >= 11 is 0. The molecule has 0 radical (unpaired) electrons. The Hall–Kier alpha value is -1.81. The lowest BCUT2D eigenvalue weighted by Crippen LogP contribution is -2.45. The first kappa shape index (κ1) is 19.9. The van der Waals surface area contributed by atoms with Crippen LogP contribution in [0.3, 0.4) is 0 Å². The molecule has 1 saturated heterocycles. The summed E-state index contributed by atoms with van der Waals surface area (Å²) in [5, 5.41) is 4.63. The van der Waals surface area contributed by atoms with Crippen LogP contribution in [0.5, 0.6) is 5.75 Å². The Morgan fingerprint density at radius 2 is 1.85 bits per heavy atom. The maximum Gasteiger partial charge on any atom is 0.123 e. The van der Waals surface area contributed by atoms with E-state index in [1.807, 2.05) is 12.3 Å². The summed E-state index contributed by atoms with van der Waals surface area (Å²) in [5.41, 5.74) is 6.23. The smallest absolute Gasteiger partial charge is 0.123 e. The predicted octanol–water partition coefficient (Wildman–Crippen LogP) is 5.11. The summed E-state index contributed by atoms with van der Waals surface area (Å²) in [6.45, 7) is 4.27. The molecule has 1 spiro atoms. The summed E-state index contributed by atoms with van der Waals surface area (Å²) in [6.07, 6.45) is 5.09. The molecule has 27 heavy (non-hydrogen) atoms. The van der Waals surface area contributed by atoms with Crippen LogP contribution in [0.25, 0.3) is 22.0 Å². The Kier molecular flexibility index (Phi) is 5.66. The van der Waals surface area contributed by atoms with E-state index < -0.39 is 0 Å². The summed E-state index contributed by atoms with van der Waals surface area (Å²) in [7, 11) is 0. The highest BCUT2D eigenvalue weighted by Crippen LogP contribution is 2.42. The van der Waals surface area contributed by atoms with Gasteiger partial charge in [-0.25, -0.2) is 0 Å². The minimum atomic E-state index is 0. The molecule has 5 rings (SSSR count). The molecule has 1 aromatic heterocycles. The molecule has 2 aliphatic heterocycles. The van der Waals surface area contributed by atoms with E-state index >= 15 is 0 Å². The van der Waals surface area contributed by atoms with E-state index in [0.717, 1.165) is 43.6 Å². The van der Waals surface area contributed by atoms with Crippen LogP contribution in [0.15, 0.2) is 48.7 Å². The van der Waals surface area contributed by atoms with Gasteiger partial charge in [0.1, 0.15) is 11.4 Å². The van der Waals surface area contributed by atoms with Gasteiger partial charge in [0.25, 0.3) is 0 Å². The van der Waals surface area contributed by atoms with Crippen molar-refractivity contribution in [3.8, 4) is 16.9 Å². The zero-order chi connectivity index (χ0) is 16.9. The lowest BCUT2D eigenvalue weighted by atomic mass is 9.87. The zero-order valence-electron chi connectivity index (χ0n) is 15.3. The highest BCUT2D eigenvalue weighted by atomic mass is 35.5. The second-order valence-electron chi connectivity index (χ2n) is 7.35. The number of benzene rings is 2. The third-order valence-corrected chi connectivity index (χ3v) is 5.75. The van der Waals surface area contributed by atoms with E-state index in [4.69, 9.17) is 4.74 Å². The van der Waals surface area contributed by atoms with Crippen molar-refractivity contribution in [2.24, 2.45) is 0 Å². The van der Waals surface area contributed by atoms with Gasteiger partial charge in [-0.05, 0) is 73.3 Å². The molecule has 3 aromatic rings. The number of rotatable bonds is 1. The van der Waals surface area contributed by atoms with Gasteiger partial charge in [-0.2, -0.15) is 0 Å². The monoisotopic (exact) mass is 402 g/mol. The lowest BCUT2D eigenvalue weighted by Gasteiger charge is -2.33. The number of halogens is 2. The highest BCUT2D eigenvalue weighted by Gasteiger charge is 2.40. The van der Waals surface area contributed by atoms with Gasteiger partial charge in [0.05, 0.1) is 5.52 Å². The number of aromatic nitrogens is 1. The molecule has 142 valence electrons. The standard InChI is InChI=1S/C22H22N2O.2ClH/c1-15-19(6-4-16-3-2-10-24-21(15)16)17-5-7-20-18(13-17)14-22(25-20)8-11-23-12-9-22;;/h2-7,10,13,23H,8-9,11-12,14H2,1H3;2*1H. The predicted molar refractivity (Wildman–Crippen MR) is 116 cm³/mol. The van der Waals surface area contributed by atoms with E-state index in [0.29, 0.717) is 0 Å². The molecule has 1 fully saturated rings. The molecule has 0 aliphatic carbocycles. The van der Waals surface area contributed by atoms with Crippen LogP contribution >= 0.6 is 24.8 Å². The minimum Gasteiger partial charge on any atom is -0.487 e. The molecule has 3 heterocycles. The molecule has 2 aliphatic rings. The van der Waals surface area contributed by atoms with Crippen molar-refractivity contribution in [1.82, 2.24) is 10.3 Å². The van der Waals surface area contributed by atoms with E-state index in [1.54, 1.807) is 0 Å². The van der Waals surface area contributed by atoms with Crippen molar-refractivity contribution in [2.75, 3.05) is 13.1 Å². The maximum atomic E-state index is 6.37. The number of pyridine rings is 1.